The van der Waals surface area contributed by atoms with Crippen molar-refractivity contribution in [1.82, 2.24) is 0 Å². The molecule has 2 atom stereocenters. The van der Waals surface area contributed by atoms with Gasteiger partial charge in [0.1, 0.15) is 6.10 Å². The van der Waals surface area contributed by atoms with Crippen LogP contribution in [0.3, 0.4) is 0 Å². The summed E-state index contributed by atoms with van der Waals surface area (Å²) in [5.41, 5.74) is 0.905. The lowest BCUT2D eigenvalue weighted by Crippen LogP contribution is -2.29. The maximum absolute atomic E-state index is 8.79. The van der Waals surface area contributed by atoms with E-state index in [1.807, 2.05) is 6.92 Å². The van der Waals surface area contributed by atoms with Crippen molar-refractivity contribution in [2.45, 2.75) is 32.7 Å². The molecule has 0 aliphatic carbocycles. The van der Waals surface area contributed by atoms with Gasteiger partial charge >= 0.3 is 0 Å². The van der Waals surface area contributed by atoms with Crippen LogP contribution in [0, 0.1) is 5.92 Å². The molecule has 0 spiro atoms. The molecule has 11 heavy (non-hydrogen) atoms. The van der Waals surface area contributed by atoms with E-state index < -0.39 is 6.29 Å². The molecule has 1 aliphatic heterocycles. The maximum Gasteiger partial charge on any atom is 0.157 e. The summed E-state index contributed by atoms with van der Waals surface area (Å²) in [7, 11) is 0. The van der Waals surface area contributed by atoms with Crippen LogP contribution in [0.5, 0.6) is 0 Å². The molecule has 0 aromatic heterocycles. The molecule has 0 aromatic rings. The average Bonchev–Trinajstić information content (AvgIpc) is 2.34. The molecule has 0 fully saturated rings. The minimum absolute atomic E-state index is 0.171. The van der Waals surface area contributed by atoms with Gasteiger partial charge in [-0.25, -0.2) is 0 Å². The van der Waals surface area contributed by atoms with Crippen LogP contribution >= 0.6 is 0 Å². The highest BCUT2D eigenvalue weighted by molar-refractivity contribution is 5.82. The second-order valence-corrected chi connectivity index (χ2v) is 2.95. The minimum Gasteiger partial charge on any atom is -0.392 e. The van der Waals surface area contributed by atoms with Crippen LogP contribution in [0.25, 0.3) is 0 Å². The molecule has 0 bridgehead atoms. The van der Waals surface area contributed by atoms with E-state index >= 15 is 0 Å². The molecule has 1 heterocycles. The van der Waals surface area contributed by atoms with Crippen LogP contribution < -0.4 is 0 Å². The summed E-state index contributed by atoms with van der Waals surface area (Å²) in [5, 5.41) is 21.3. The molecule has 64 valence electrons. The van der Waals surface area contributed by atoms with Gasteiger partial charge in [0.25, 0.3) is 0 Å². The average molecular weight is 159 g/mol. The first-order valence-electron chi connectivity index (χ1n) is 3.66. The second-order valence-electron chi connectivity index (χ2n) is 2.95. The van der Waals surface area contributed by atoms with Gasteiger partial charge < -0.3 is 15.1 Å². The first kappa shape index (κ1) is 8.49. The molecule has 0 radical (unpaired) electrons. The largest absolute Gasteiger partial charge is 0.392 e. The number of aliphatic hydroxyl groups is 2. The minimum atomic E-state index is -1.32. The van der Waals surface area contributed by atoms with Gasteiger partial charge in [-0.05, 0) is 6.92 Å². The van der Waals surface area contributed by atoms with Crippen molar-refractivity contribution in [3.8, 4) is 0 Å². The molecule has 0 saturated carbocycles. The fourth-order valence-corrected chi connectivity index (χ4v) is 0.997. The number of oxime groups is 1. The Bertz CT molecular complexity index is 167. The highest BCUT2D eigenvalue weighted by Gasteiger charge is 2.28. The third-order valence-corrected chi connectivity index (χ3v) is 1.90. The van der Waals surface area contributed by atoms with E-state index in [1.165, 1.54) is 0 Å². The second kappa shape index (κ2) is 3.19. The van der Waals surface area contributed by atoms with E-state index in [0.29, 0.717) is 6.42 Å². The molecule has 1 rings (SSSR count). The summed E-state index contributed by atoms with van der Waals surface area (Å²) >= 11 is 0. The smallest absolute Gasteiger partial charge is 0.157 e. The van der Waals surface area contributed by atoms with Crippen LogP contribution in [-0.2, 0) is 4.84 Å². The van der Waals surface area contributed by atoms with Gasteiger partial charge in [0.15, 0.2) is 6.29 Å². The number of hydrogen-bond acceptors (Lipinski definition) is 4. The standard InChI is InChI=1S/C7H13NO3/c1-4-3-6(11-8-4)5(2)7(9)10/h5-7,9-10H,3H2,1-2H3/t5-,6?/m0/s1. The molecule has 2 N–H and O–H groups in total. The summed E-state index contributed by atoms with van der Waals surface area (Å²) in [6.45, 7) is 3.58. The highest BCUT2D eigenvalue weighted by Crippen LogP contribution is 2.20. The quantitative estimate of drug-likeness (QED) is 0.562. The van der Waals surface area contributed by atoms with Gasteiger partial charge in [-0.3, -0.25) is 0 Å². The zero-order chi connectivity index (χ0) is 8.43. The van der Waals surface area contributed by atoms with Crippen molar-refractivity contribution in [1.29, 1.82) is 0 Å². The Morgan fingerprint density at radius 3 is 2.64 bits per heavy atom. The third-order valence-electron chi connectivity index (χ3n) is 1.90. The first-order chi connectivity index (χ1) is 5.11. The third kappa shape index (κ3) is 1.91. The Hall–Kier alpha value is -0.610. The van der Waals surface area contributed by atoms with Gasteiger partial charge in [-0.2, -0.15) is 0 Å². The van der Waals surface area contributed by atoms with Crippen molar-refractivity contribution < 1.29 is 15.1 Å². The zero-order valence-electron chi connectivity index (χ0n) is 6.69. The van der Waals surface area contributed by atoms with E-state index in [9.17, 15) is 0 Å². The number of rotatable bonds is 2. The Balaban J connectivity index is 2.40. The Labute approximate surface area is 65.5 Å². The molecule has 0 amide bonds. The molecule has 1 unspecified atom stereocenters. The van der Waals surface area contributed by atoms with E-state index in [0.717, 1.165) is 5.71 Å². The van der Waals surface area contributed by atoms with Crippen LogP contribution in [0.2, 0.25) is 0 Å². The molecule has 4 nitrogen and oxygen atoms in total. The van der Waals surface area contributed by atoms with Crippen LogP contribution in [0.1, 0.15) is 20.3 Å². The van der Waals surface area contributed by atoms with Crippen molar-refractivity contribution in [2.24, 2.45) is 11.1 Å². The number of hydrogen-bond donors (Lipinski definition) is 2. The van der Waals surface area contributed by atoms with Crippen LogP contribution in [0.4, 0.5) is 0 Å². The monoisotopic (exact) mass is 159 g/mol. The molecule has 4 heteroatoms. The Kier molecular flexibility index (Phi) is 2.46. The predicted molar refractivity (Wildman–Crippen MR) is 40.0 cm³/mol. The number of nitrogens with zero attached hydrogens (tertiary/aromatic N) is 1. The SMILES string of the molecule is CC1=NOC([C@H](C)C(O)O)C1. The maximum atomic E-state index is 8.79. The topological polar surface area (TPSA) is 62.0 Å². The van der Waals surface area contributed by atoms with Gasteiger partial charge in [0, 0.05) is 12.3 Å². The lowest BCUT2D eigenvalue weighted by molar-refractivity contribution is -0.119. The number of aliphatic hydroxyl groups excluding tert-OH is 1. The molecular weight excluding hydrogens is 146 g/mol. The van der Waals surface area contributed by atoms with E-state index in [1.54, 1.807) is 6.92 Å². The lowest BCUT2D eigenvalue weighted by atomic mass is 10.0. The highest BCUT2D eigenvalue weighted by atomic mass is 16.6. The first-order valence-corrected chi connectivity index (χ1v) is 3.66. The lowest BCUT2D eigenvalue weighted by Gasteiger charge is -2.18. The van der Waals surface area contributed by atoms with E-state index in [2.05, 4.69) is 5.16 Å². The van der Waals surface area contributed by atoms with Crippen molar-refractivity contribution >= 4 is 5.71 Å². The molecule has 0 aromatic carbocycles. The van der Waals surface area contributed by atoms with Crippen molar-refractivity contribution in [3.63, 3.8) is 0 Å². The molecular formula is C7H13NO3. The Morgan fingerprint density at radius 2 is 2.27 bits per heavy atom. The van der Waals surface area contributed by atoms with E-state index in [4.69, 9.17) is 15.1 Å². The van der Waals surface area contributed by atoms with Gasteiger partial charge in [0.2, 0.25) is 0 Å². The summed E-state index contributed by atoms with van der Waals surface area (Å²) in [4.78, 5) is 4.96. The molecule has 1 aliphatic rings. The summed E-state index contributed by atoms with van der Waals surface area (Å²) in [6, 6.07) is 0. The fraction of sp³-hybridized carbons (Fsp3) is 0.857. The fourth-order valence-electron chi connectivity index (χ4n) is 0.997. The summed E-state index contributed by atoms with van der Waals surface area (Å²) < 4.78 is 0. The van der Waals surface area contributed by atoms with E-state index in [-0.39, 0.29) is 12.0 Å². The van der Waals surface area contributed by atoms with Gasteiger partial charge in [-0.1, -0.05) is 12.1 Å². The predicted octanol–water partition coefficient (Wildman–Crippen LogP) is 0.0980. The van der Waals surface area contributed by atoms with Gasteiger partial charge in [0.05, 0.1) is 5.71 Å². The normalized spacial score (nSPS) is 26.6. The van der Waals surface area contributed by atoms with Crippen LogP contribution in [-0.4, -0.2) is 28.3 Å². The van der Waals surface area contributed by atoms with Crippen molar-refractivity contribution in [2.75, 3.05) is 0 Å². The van der Waals surface area contributed by atoms with Gasteiger partial charge in [-0.15, -0.1) is 0 Å². The summed E-state index contributed by atoms with van der Waals surface area (Å²) in [6.07, 6.45) is -0.796. The zero-order valence-corrected chi connectivity index (χ0v) is 6.69. The Morgan fingerprint density at radius 1 is 1.64 bits per heavy atom. The van der Waals surface area contributed by atoms with Crippen LogP contribution in [0.15, 0.2) is 5.16 Å². The molecule has 0 saturated heterocycles. The summed E-state index contributed by atoms with van der Waals surface area (Å²) in [5.74, 6) is -0.281. The van der Waals surface area contributed by atoms with Crippen molar-refractivity contribution in [3.05, 3.63) is 0 Å².